The number of rotatable bonds is 9. The van der Waals surface area contributed by atoms with Gasteiger partial charge in [-0.15, -0.1) is 0 Å². The molecule has 18 heteroatoms. The van der Waals surface area contributed by atoms with Gasteiger partial charge in [-0.1, -0.05) is 5.04 Å². The van der Waals surface area contributed by atoms with Gasteiger partial charge in [-0.05, 0) is 12.0 Å². The maximum atomic E-state index is 11.7. The molecule has 2 heterocycles. The number of hydrogen-bond donors (Lipinski definition) is 5. The normalized spacial score (nSPS) is 38.5. The molecule has 0 radical (unpaired) electrons. The minimum atomic E-state index is -2.04. The van der Waals surface area contributed by atoms with Gasteiger partial charge in [-0.25, -0.2) is 0 Å². The number of carboxylic acids is 1. The standard InChI is InChI=1S/C15H25NO14S.2Na/c1-4-7(16-5(2)18)12(11(6(3-17)24-4)27-28-29-30-31)25-15-10(21)8(19)9(20)13(26-15)14(22)23;;/h4,6-13,15,17,19-21,31H,3H2,1-2H3,(H,16,18)(H,22,23);;/q;2*+1/p-2/t4-,6?,7?,8+,9+,10?,11-,12-,13?,15-;;/m1../s1. The molecular weight excluding hydrogens is 496 g/mol. The molecule has 1 amide bonds. The van der Waals surface area contributed by atoms with Gasteiger partial charge >= 0.3 is 59.1 Å². The summed E-state index contributed by atoms with van der Waals surface area (Å²) >= 11 is 4.05. The van der Waals surface area contributed by atoms with Crippen molar-refractivity contribution in [2.24, 2.45) is 0 Å². The number of aliphatic hydroxyl groups is 4. The van der Waals surface area contributed by atoms with E-state index >= 15 is 0 Å². The van der Waals surface area contributed by atoms with Gasteiger partial charge in [0.15, 0.2) is 12.4 Å². The fraction of sp³-hybridized carbons (Fsp3) is 0.867. The van der Waals surface area contributed by atoms with E-state index in [1.54, 1.807) is 0 Å². The van der Waals surface area contributed by atoms with E-state index in [9.17, 15) is 35.1 Å². The Balaban J connectivity index is 0.00000512. The van der Waals surface area contributed by atoms with Crippen LogP contribution in [0.5, 0.6) is 0 Å². The van der Waals surface area contributed by atoms with Crippen molar-refractivity contribution in [1.82, 2.24) is 5.32 Å². The Hall–Kier alpha value is 0.850. The molecule has 0 aliphatic carbocycles. The van der Waals surface area contributed by atoms with Crippen LogP contribution in [-0.2, 0) is 56.0 Å². The van der Waals surface area contributed by atoms with Crippen molar-refractivity contribution < 1.29 is 128 Å². The number of ether oxygens (including phenoxy) is 3. The molecule has 2 rings (SSSR count). The van der Waals surface area contributed by atoms with Crippen LogP contribution in [-0.4, -0.2) is 100 Å². The molecule has 4 unspecified atom stereocenters. The molecule has 5 N–H and O–H groups in total. The van der Waals surface area contributed by atoms with Crippen LogP contribution in [0.15, 0.2) is 0 Å². The molecule has 2 saturated heterocycles. The van der Waals surface area contributed by atoms with Gasteiger partial charge in [0.25, 0.3) is 0 Å². The van der Waals surface area contributed by atoms with E-state index in [2.05, 4.69) is 32.6 Å². The summed E-state index contributed by atoms with van der Waals surface area (Å²) in [6.07, 6.45) is -14.4. The predicted molar refractivity (Wildman–Crippen MR) is 91.1 cm³/mol. The Labute approximate surface area is 237 Å². The SMILES string of the molecule is CC(=O)NC1[C@@H](O[C@@H]2OC(C(=O)[O-])[C@@H](O)[C@H](O)C2O)[C@H](OOOO[S-])C(CO)O[C@@H]1C.[Na+].[Na+]. The predicted octanol–water partition coefficient (Wildman–Crippen LogP) is -11.1. The molecule has 2 fully saturated rings. The molecule has 2 aliphatic rings. The molecule has 0 aromatic heterocycles. The van der Waals surface area contributed by atoms with Crippen molar-refractivity contribution >= 4 is 24.8 Å². The van der Waals surface area contributed by atoms with Crippen molar-refractivity contribution in [3.63, 3.8) is 0 Å². The zero-order chi connectivity index (χ0) is 23.3. The zero-order valence-corrected chi connectivity index (χ0v) is 23.1. The maximum absolute atomic E-state index is 11.7. The number of amides is 1. The third-order valence-electron chi connectivity index (χ3n) is 4.79. The summed E-state index contributed by atoms with van der Waals surface area (Å²) in [5.41, 5.74) is 0. The van der Waals surface area contributed by atoms with E-state index in [1.807, 2.05) is 0 Å². The van der Waals surface area contributed by atoms with Crippen LogP contribution >= 0.6 is 0 Å². The van der Waals surface area contributed by atoms with E-state index in [-0.39, 0.29) is 59.1 Å². The molecule has 0 spiro atoms. The first kappa shape index (κ1) is 33.8. The van der Waals surface area contributed by atoms with Gasteiger partial charge in [-0.3, -0.25) is 4.79 Å². The summed E-state index contributed by atoms with van der Waals surface area (Å²) < 4.78 is 20.1. The van der Waals surface area contributed by atoms with Crippen molar-refractivity contribution in [1.29, 1.82) is 0 Å². The second-order valence-corrected chi connectivity index (χ2v) is 7.01. The zero-order valence-electron chi connectivity index (χ0n) is 18.3. The van der Waals surface area contributed by atoms with Crippen LogP contribution in [0.1, 0.15) is 13.8 Å². The summed E-state index contributed by atoms with van der Waals surface area (Å²) in [7, 11) is 0. The van der Waals surface area contributed by atoms with Crippen molar-refractivity contribution in [2.75, 3.05) is 6.61 Å². The Bertz CT molecular complexity index is 623. The van der Waals surface area contributed by atoms with Crippen molar-refractivity contribution in [2.45, 2.75) is 75.0 Å². The minimum absolute atomic E-state index is 0. The molecule has 0 saturated carbocycles. The molecule has 15 nitrogen and oxygen atoms in total. The molecule has 33 heavy (non-hydrogen) atoms. The largest absolute Gasteiger partial charge is 1.00 e. The van der Waals surface area contributed by atoms with E-state index < -0.39 is 79.6 Å². The number of nitrogens with one attached hydrogen (secondary N) is 1. The molecule has 2 aliphatic heterocycles. The Morgan fingerprint density at radius 1 is 1.06 bits per heavy atom. The van der Waals surface area contributed by atoms with Crippen LogP contribution in [0.4, 0.5) is 0 Å². The van der Waals surface area contributed by atoms with Gasteiger partial charge in [0.05, 0.1) is 24.7 Å². The summed E-state index contributed by atoms with van der Waals surface area (Å²) in [4.78, 5) is 27.8. The Morgan fingerprint density at radius 2 is 1.70 bits per heavy atom. The summed E-state index contributed by atoms with van der Waals surface area (Å²) in [5, 5.41) is 61.6. The summed E-state index contributed by atoms with van der Waals surface area (Å²) in [6.45, 7) is 2.09. The van der Waals surface area contributed by atoms with Gasteiger partial charge in [0, 0.05) is 6.92 Å². The first-order valence-corrected chi connectivity index (χ1v) is 9.33. The number of carbonyl (C=O) groups excluding carboxylic acids is 2. The van der Waals surface area contributed by atoms with Crippen LogP contribution in [0.2, 0.25) is 0 Å². The smallest absolute Gasteiger partial charge is 0.579 e. The number of hydrogen-bond acceptors (Lipinski definition) is 15. The van der Waals surface area contributed by atoms with Crippen LogP contribution in [0.25, 0.3) is 0 Å². The molecule has 0 aromatic carbocycles. The average molecular weight is 519 g/mol. The second kappa shape index (κ2) is 15.9. The second-order valence-electron chi connectivity index (χ2n) is 6.87. The fourth-order valence-electron chi connectivity index (χ4n) is 3.36. The van der Waals surface area contributed by atoms with Gasteiger partial charge in [-0.2, -0.15) is 4.89 Å². The van der Waals surface area contributed by atoms with Crippen LogP contribution in [0, 0.1) is 0 Å². The number of carbonyl (C=O) groups is 2. The van der Waals surface area contributed by atoms with Gasteiger partial charge in [0.1, 0.15) is 36.6 Å². The minimum Gasteiger partial charge on any atom is -0.579 e. The third-order valence-corrected chi connectivity index (χ3v) is 4.84. The van der Waals surface area contributed by atoms with Crippen LogP contribution in [0.3, 0.4) is 0 Å². The summed E-state index contributed by atoms with van der Waals surface area (Å²) in [5.74, 6) is -2.39. The first-order chi connectivity index (χ1) is 14.6. The van der Waals surface area contributed by atoms with Crippen LogP contribution < -0.4 is 69.5 Å². The number of carboxylic acid groups (broad SMARTS) is 1. The Kier molecular flexibility index (Phi) is 16.3. The topological polar surface area (TPSA) is 215 Å². The summed E-state index contributed by atoms with van der Waals surface area (Å²) in [6, 6.07) is -1.01. The molecule has 0 aromatic rings. The molecule has 180 valence electrons. The van der Waals surface area contributed by atoms with Gasteiger partial charge in [0.2, 0.25) is 5.91 Å². The number of aliphatic hydroxyl groups excluding tert-OH is 4. The van der Waals surface area contributed by atoms with Crippen molar-refractivity contribution in [3.05, 3.63) is 0 Å². The Morgan fingerprint density at radius 3 is 2.21 bits per heavy atom. The molecule has 10 atom stereocenters. The van der Waals surface area contributed by atoms with E-state index in [1.165, 1.54) is 13.8 Å². The third kappa shape index (κ3) is 8.73. The number of aliphatic carboxylic acids is 1. The van der Waals surface area contributed by atoms with E-state index in [4.69, 9.17) is 19.1 Å². The molecule has 0 bridgehead atoms. The fourth-order valence-corrected chi connectivity index (χ4v) is 3.39. The average Bonchev–Trinajstić information content (AvgIpc) is 2.71. The van der Waals surface area contributed by atoms with Gasteiger partial charge < -0.3 is 67.1 Å². The molecular formula is C15H23NNa2O14S. The maximum Gasteiger partial charge on any atom is 1.00 e. The van der Waals surface area contributed by atoms with E-state index in [0.29, 0.717) is 0 Å². The first-order valence-electron chi connectivity index (χ1n) is 9.00. The quantitative estimate of drug-likeness (QED) is 0.0629. The van der Waals surface area contributed by atoms with E-state index in [0.717, 1.165) is 0 Å². The monoisotopic (exact) mass is 519 g/mol. The van der Waals surface area contributed by atoms with Crippen molar-refractivity contribution in [3.8, 4) is 0 Å².